The van der Waals surface area contributed by atoms with Crippen LogP contribution in [0, 0.1) is 38.9 Å². The van der Waals surface area contributed by atoms with Crippen LogP contribution in [0.1, 0.15) is 104 Å². The van der Waals surface area contributed by atoms with Gasteiger partial charge in [0.15, 0.2) is 0 Å². The number of alkyl halides is 4. The van der Waals surface area contributed by atoms with Crippen LogP contribution in [0.2, 0.25) is 0 Å². The van der Waals surface area contributed by atoms with Crippen LogP contribution < -0.4 is 10.6 Å². The zero-order valence-electron chi connectivity index (χ0n) is 30.5. The summed E-state index contributed by atoms with van der Waals surface area (Å²) in [6.07, 6.45) is 5.26. The lowest BCUT2D eigenvalue weighted by molar-refractivity contribution is -0.173. The van der Waals surface area contributed by atoms with Gasteiger partial charge in [-0.25, -0.2) is 17.6 Å². The highest BCUT2D eigenvalue weighted by Crippen LogP contribution is 2.54. The Morgan fingerprint density at radius 3 is 1.26 bits per heavy atom. The van der Waals surface area contributed by atoms with E-state index in [2.05, 4.69) is 10.6 Å². The average Bonchev–Trinajstić information content (AvgIpc) is 3.58. The summed E-state index contributed by atoms with van der Waals surface area (Å²) in [5.74, 6) is -7.43. The molecule has 0 radical (unpaired) electrons. The highest BCUT2D eigenvalue weighted by Gasteiger charge is 2.56. The summed E-state index contributed by atoms with van der Waals surface area (Å²) in [5, 5.41) is 24.6. The molecule has 2 amide bonds. The maximum Gasteiger partial charge on any atom is 0.312 e. The number of carbonyl (C=O) groups is 4. The average molecular weight is 751 g/mol. The number of esters is 2. The highest BCUT2D eigenvalue weighted by molar-refractivity contribution is 5.81. The Bertz CT molecular complexity index is 1410. The van der Waals surface area contributed by atoms with E-state index in [-0.39, 0.29) is 38.2 Å². The van der Waals surface area contributed by atoms with E-state index in [4.69, 9.17) is 9.47 Å². The summed E-state index contributed by atoms with van der Waals surface area (Å²) in [6.45, 7) is 1.99. The van der Waals surface area contributed by atoms with E-state index in [1.807, 2.05) is 26.0 Å². The van der Waals surface area contributed by atoms with Crippen molar-refractivity contribution in [1.29, 1.82) is 10.5 Å². The molecular weight excluding hydrogens is 700 g/mol. The molecule has 0 aromatic rings. The first-order chi connectivity index (χ1) is 24.8. The summed E-state index contributed by atoms with van der Waals surface area (Å²) in [5.41, 5.74) is -3.05. The zero-order valence-corrected chi connectivity index (χ0v) is 30.5. The third-order valence-corrected chi connectivity index (χ3v) is 13.1. The van der Waals surface area contributed by atoms with E-state index in [9.17, 15) is 47.3 Å². The van der Waals surface area contributed by atoms with Gasteiger partial charge in [0.2, 0.25) is 11.8 Å². The molecule has 0 spiro atoms. The predicted octanol–water partition coefficient (Wildman–Crippen LogP) is 3.98. The summed E-state index contributed by atoms with van der Waals surface area (Å²) in [7, 11) is 0. The molecule has 8 rings (SSSR count). The van der Waals surface area contributed by atoms with Gasteiger partial charge in [-0.1, -0.05) is 13.8 Å². The molecule has 0 unspecified atom stereocenters. The molecule has 2 heterocycles. The fraction of sp³-hybridized carbons (Fsp3) is 0.838. The van der Waals surface area contributed by atoms with Gasteiger partial charge in [-0.3, -0.25) is 29.0 Å². The summed E-state index contributed by atoms with van der Waals surface area (Å²) in [6, 6.07) is 1.70. The second-order valence-corrected chi connectivity index (χ2v) is 17.8. The molecule has 2 atom stereocenters. The molecule has 2 saturated heterocycles. The van der Waals surface area contributed by atoms with Gasteiger partial charge in [0.1, 0.15) is 12.1 Å². The molecule has 4 bridgehead atoms. The molecule has 0 aromatic carbocycles. The van der Waals surface area contributed by atoms with Crippen molar-refractivity contribution in [1.82, 2.24) is 20.4 Å². The number of carbonyl (C=O) groups excluding carboxylic acids is 4. The number of nitriles is 2. The molecule has 8 fully saturated rings. The van der Waals surface area contributed by atoms with Crippen molar-refractivity contribution in [2.24, 2.45) is 16.2 Å². The maximum atomic E-state index is 13.8. The van der Waals surface area contributed by atoms with Crippen molar-refractivity contribution >= 4 is 23.8 Å². The van der Waals surface area contributed by atoms with E-state index < -0.39 is 89.0 Å². The molecule has 16 heteroatoms. The Labute approximate surface area is 307 Å². The Balaban J connectivity index is 0.917. The Hall–Kier alpha value is -3.50. The summed E-state index contributed by atoms with van der Waals surface area (Å²) >= 11 is 0. The third-order valence-electron chi connectivity index (χ3n) is 13.1. The fourth-order valence-corrected chi connectivity index (χ4v) is 9.62. The fourth-order valence-electron chi connectivity index (χ4n) is 9.62. The molecular formula is C37H50F4N6O6. The predicted molar refractivity (Wildman–Crippen MR) is 179 cm³/mol. The van der Waals surface area contributed by atoms with Crippen LogP contribution in [0.4, 0.5) is 17.6 Å². The van der Waals surface area contributed by atoms with Crippen LogP contribution in [0.3, 0.4) is 0 Å². The number of amides is 2. The lowest BCUT2D eigenvalue weighted by Crippen LogP contribution is -2.60. The number of likely N-dealkylation sites (tertiary alicyclic amines) is 2. The third kappa shape index (κ3) is 8.29. The number of halogens is 4. The van der Waals surface area contributed by atoms with E-state index in [1.165, 1.54) is 9.80 Å². The number of hydrogen-bond acceptors (Lipinski definition) is 10. The molecule has 292 valence electrons. The van der Waals surface area contributed by atoms with Gasteiger partial charge in [-0.2, -0.15) is 10.5 Å². The van der Waals surface area contributed by atoms with Gasteiger partial charge in [-0.05, 0) is 77.0 Å². The molecule has 2 aliphatic heterocycles. The Morgan fingerprint density at radius 1 is 0.642 bits per heavy atom. The van der Waals surface area contributed by atoms with Crippen molar-refractivity contribution in [3.05, 3.63) is 0 Å². The Morgan fingerprint density at radius 2 is 0.962 bits per heavy atom. The first-order valence-electron chi connectivity index (χ1n) is 18.8. The number of fused-ring (bicyclic) bond motifs is 6. The monoisotopic (exact) mass is 750 g/mol. The minimum atomic E-state index is -3.00. The second-order valence-electron chi connectivity index (χ2n) is 17.8. The van der Waals surface area contributed by atoms with Crippen molar-refractivity contribution in [2.75, 3.05) is 39.4 Å². The van der Waals surface area contributed by atoms with Gasteiger partial charge in [0, 0.05) is 29.3 Å². The second kappa shape index (κ2) is 14.0. The quantitative estimate of drug-likeness (QED) is 0.220. The molecule has 0 aromatic heterocycles. The molecule has 6 saturated carbocycles. The number of nitrogens with zero attached hydrogens (tertiary/aromatic N) is 4. The van der Waals surface area contributed by atoms with Crippen molar-refractivity contribution in [2.45, 2.75) is 139 Å². The minimum Gasteiger partial charge on any atom is -0.465 e. The molecule has 53 heavy (non-hydrogen) atoms. The topological polar surface area (TPSA) is 165 Å². The summed E-state index contributed by atoms with van der Waals surface area (Å²) < 4.78 is 67.0. The molecule has 6 aliphatic carbocycles. The van der Waals surface area contributed by atoms with Crippen molar-refractivity contribution in [3.8, 4) is 12.1 Å². The largest absolute Gasteiger partial charge is 0.465 e. The highest BCUT2D eigenvalue weighted by atomic mass is 19.3. The van der Waals surface area contributed by atoms with E-state index in [1.54, 1.807) is 0 Å². The smallest absolute Gasteiger partial charge is 0.312 e. The molecule has 2 N–H and O–H groups in total. The van der Waals surface area contributed by atoms with Crippen LogP contribution >= 0.6 is 0 Å². The standard InChI is InChI=1S/C37H50F4N6O6/c1-31(2,23-52-29(50)32-3-9-34(10-4-32,11-5-32)44-27(48)19-46-21-36(38,39)15-25(46)17-42)24-53-30(51)33-6-12-35(13-7-33,14-8-33)45-28(49)20-47-22-37(40,41)16-26(47)18-43/h25-26H,3-16,19-24H2,1-2H3,(H,44,48)(H,45,49)/t25-,26-,32?,33?,34?,35?/m0/s1. The van der Waals surface area contributed by atoms with Gasteiger partial charge in [0.05, 0.1) is 62.4 Å². The first kappa shape index (κ1) is 39.2. The zero-order chi connectivity index (χ0) is 38.5. The van der Waals surface area contributed by atoms with Crippen molar-refractivity contribution < 1.29 is 46.2 Å². The molecule has 8 aliphatic rings. The number of ether oxygens (including phenoxy) is 2. The first-order valence-corrected chi connectivity index (χ1v) is 18.8. The van der Waals surface area contributed by atoms with Crippen LogP contribution in [-0.2, 0) is 28.7 Å². The number of hydrogen-bond donors (Lipinski definition) is 2. The maximum absolute atomic E-state index is 13.8. The van der Waals surface area contributed by atoms with Crippen LogP contribution in [0.25, 0.3) is 0 Å². The SMILES string of the molecule is CC(C)(COC(=O)C12CCC(NC(=O)CN3CC(F)(F)C[C@H]3C#N)(CC1)CC2)COC(=O)C12CCC(NC(=O)CN3CC(F)(F)C[C@H]3C#N)(CC1)CC2. The Kier molecular flexibility index (Phi) is 10.3. The number of nitrogens with one attached hydrogen (secondary N) is 2. The van der Waals surface area contributed by atoms with Gasteiger partial charge < -0.3 is 20.1 Å². The van der Waals surface area contributed by atoms with Crippen LogP contribution in [-0.4, -0.2) is 108 Å². The minimum absolute atomic E-state index is 0.0427. The lowest BCUT2D eigenvalue weighted by Gasteiger charge is -2.52. The normalized spacial score (nSPS) is 35.9. The van der Waals surface area contributed by atoms with Gasteiger partial charge >= 0.3 is 11.9 Å². The number of rotatable bonds is 12. The lowest BCUT2D eigenvalue weighted by atomic mass is 9.57. The van der Waals surface area contributed by atoms with E-state index in [0.717, 1.165) is 0 Å². The van der Waals surface area contributed by atoms with Crippen LogP contribution in [0.5, 0.6) is 0 Å². The van der Waals surface area contributed by atoms with Crippen LogP contribution in [0.15, 0.2) is 0 Å². The summed E-state index contributed by atoms with van der Waals surface area (Å²) in [4.78, 5) is 55.1. The van der Waals surface area contributed by atoms with E-state index >= 15 is 0 Å². The van der Waals surface area contributed by atoms with Crippen molar-refractivity contribution in [3.63, 3.8) is 0 Å². The molecule has 12 nitrogen and oxygen atoms in total. The van der Waals surface area contributed by atoms with Gasteiger partial charge in [0.25, 0.3) is 11.8 Å². The van der Waals surface area contributed by atoms with Gasteiger partial charge in [-0.15, -0.1) is 0 Å². The van der Waals surface area contributed by atoms with E-state index in [0.29, 0.717) is 77.0 Å².